The van der Waals surface area contributed by atoms with Crippen molar-refractivity contribution in [2.75, 3.05) is 25.7 Å². The lowest BCUT2D eigenvalue weighted by Crippen LogP contribution is -2.26. The maximum absolute atomic E-state index is 11.7. The first-order chi connectivity index (χ1) is 9.43. The summed E-state index contributed by atoms with van der Waals surface area (Å²) < 4.78 is 10.8. The lowest BCUT2D eigenvalue weighted by molar-refractivity contribution is -0.385. The molecule has 1 aliphatic rings. The molecule has 108 valence electrons. The van der Waals surface area contributed by atoms with Gasteiger partial charge in [0.15, 0.2) is 0 Å². The van der Waals surface area contributed by atoms with Crippen LogP contribution in [-0.4, -0.2) is 31.6 Å². The van der Waals surface area contributed by atoms with Gasteiger partial charge in [-0.25, -0.2) is 0 Å². The highest BCUT2D eigenvalue weighted by atomic mass is 79.9. The number of ether oxygens (including phenoxy) is 2. The van der Waals surface area contributed by atoms with Gasteiger partial charge in [0, 0.05) is 19.0 Å². The molecular formula is C12H13BrN2O5. The zero-order chi connectivity index (χ0) is 15.0. The number of nitrogens with zero attached hydrogens (tertiary/aromatic N) is 2. The number of carbonyl (C=O) groups excluding carboxylic acids is 1. The minimum absolute atomic E-state index is 0.0544. The highest BCUT2D eigenvalue weighted by Crippen LogP contribution is 2.53. The van der Waals surface area contributed by atoms with Crippen LogP contribution in [0.1, 0.15) is 12.5 Å². The molecule has 1 aromatic carbocycles. The maximum atomic E-state index is 11.7. The molecule has 0 saturated carbocycles. The van der Waals surface area contributed by atoms with Crippen molar-refractivity contribution < 1.29 is 19.2 Å². The van der Waals surface area contributed by atoms with Gasteiger partial charge in [0.05, 0.1) is 19.1 Å². The number of methoxy groups -OCH3 is 2. The largest absolute Gasteiger partial charge is 0.495 e. The summed E-state index contributed by atoms with van der Waals surface area (Å²) in [6.45, 7) is 1.77. The average molecular weight is 345 g/mol. The molecule has 1 heterocycles. The second kappa shape index (κ2) is 5.28. The first-order valence-electron chi connectivity index (χ1n) is 5.82. The number of halogens is 1. The fraction of sp³-hybridized carbons (Fsp3) is 0.417. The monoisotopic (exact) mass is 344 g/mol. The topological polar surface area (TPSA) is 81.9 Å². The first kappa shape index (κ1) is 14.6. The van der Waals surface area contributed by atoms with Gasteiger partial charge in [0.25, 0.3) is 0 Å². The van der Waals surface area contributed by atoms with E-state index in [9.17, 15) is 14.9 Å². The number of amides is 1. The van der Waals surface area contributed by atoms with Gasteiger partial charge in [-0.3, -0.25) is 14.9 Å². The van der Waals surface area contributed by atoms with Crippen LogP contribution in [0.4, 0.5) is 11.4 Å². The molecule has 0 saturated heterocycles. The molecule has 0 N–H and O–H groups in total. The summed E-state index contributed by atoms with van der Waals surface area (Å²) in [5.74, 6) is 0.267. The van der Waals surface area contributed by atoms with Crippen molar-refractivity contribution in [1.29, 1.82) is 0 Å². The van der Waals surface area contributed by atoms with E-state index in [1.807, 2.05) is 0 Å². The number of nitro groups is 1. The van der Waals surface area contributed by atoms with E-state index in [1.54, 1.807) is 0 Å². The van der Waals surface area contributed by atoms with Crippen molar-refractivity contribution in [3.8, 4) is 11.5 Å². The number of hydrogen-bond acceptors (Lipinski definition) is 5. The predicted molar refractivity (Wildman–Crippen MR) is 75.6 cm³/mol. The summed E-state index contributed by atoms with van der Waals surface area (Å²) in [5, 5.41) is 11.4. The molecule has 1 amide bonds. The van der Waals surface area contributed by atoms with Crippen LogP contribution in [0.25, 0.3) is 0 Å². The van der Waals surface area contributed by atoms with Gasteiger partial charge in [-0.05, 0) is 22.4 Å². The van der Waals surface area contributed by atoms with Gasteiger partial charge in [-0.15, -0.1) is 0 Å². The Balaban J connectivity index is 2.86. The summed E-state index contributed by atoms with van der Waals surface area (Å²) in [7, 11) is 2.81. The molecule has 0 atom stereocenters. The molecule has 0 radical (unpaired) electrons. The predicted octanol–water partition coefficient (Wildman–Crippen LogP) is 2.28. The molecule has 2 rings (SSSR count). The smallest absolute Gasteiger partial charge is 0.336 e. The summed E-state index contributed by atoms with van der Waals surface area (Å²) in [4.78, 5) is 23.9. The van der Waals surface area contributed by atoms with Crippen LogP contribution in [0.2, 0.25) is 0 Å². The third-order valence-corrected chi connectivity index (χ3v) is 3.94. The lowest BCUT2D eigenvalue weighted by atomic mass is 10.1. The van der Waals surface area contributed by atoms with Gasteiger partial charge < -0.3 is 14.4 Å². The van der Waals surface area contributed by atoms with Crippen molar-refractivity contribution >= 4 is 33.2 Å². The molecule has 0 bridgehead atoms. The van der Waals surface area contributed by atoms with Crippen LogP contribution in [0.5, 0.6) is 11.5 Å². The molecule has 0 aliphatic carbocycles. The molecule has 1 aromatic rings. The standard InChI is InChI=1S/C12H13BrN2O5/c1-6(16)14-5-4-7-9(14)10(15(17)18)12(20-3)8(13)11(7)19-2/h4-5H2,1-3H3. The van der Waals surface area contributed by atoms with Crippen molar-refractivity contribution in [2.24, 2.45) is 0 Å². The zero-order valence-electron chi connectivity index (χ0n) is 11.2. The first-order valence-corrected chi connectivity index (χ1v) is 6.62. The van der Waals surface area contributed by atoms with E-state index in [0.29, 0.717) is 28.8 Å². The fourth-order valence-electron chi connectivity index (χ4n) is 2.44. The van der Waals surface area contributed by atoms with E-state index in [1.165, 1.54) is 26.0 Å². The van der Waals surface area contributed by atoms with Crippen LogP contribution in [0, 0.1) is 10.1 Å². The average Bonchev–Trinajstić information content (AvgIpc) is 2.81. The van der Waals surface area contributed by atoms with Crippen LogP contribution in [-0.2, 0) is 11.2 Å². The van der Waals surface area contributed by atoms with E-state index in [2.05, 4.69) is 15.9 Å². The van der Waals surface area contributed by atoms with Crippen LogP contribution in [0.15, 0.2) is 4.47 Å². The zero-order valence-corrected chi connectivity index (χ0v) is 12.8. The normalized spacial score (nSPS) is 13.1. The van der Waals surface area contributed by atoms with E-state index in [0.717, 1.165) is 0 Å². The number of nitro benzene ring substituents is 1. The number of rotatable bonds is 3. The van der Waals surface area contributed by atoms with Gasteiger partial charge in [-0.1, -0.05) is 0 Å². The van der Waals surface area contributed by atoms with Gasteiger partial charge in [0.2, 0.25) is 11.7 Å². The van der Waals surface area contributed by atoms with E-state index in [-0.39, 0.29) is 23.0 Å². The third-order valence-electron chi connectivity index (χ3n) is 3.22. The van der Waals surface area contributed by atoms with E-state index in [4.69, 9.17) is 9.47 Å². The Bertz CT molecular complexity index is 602. The SMILES string of the molecule is COc1c(Br)c(OC)c([N+](=O)[O-])c2c1CCN2C(C)=O. The second-order valence-electron chi connectivity index (χ2n) is 4.23. The van der Waals surface area contributed by atoms with Crippen molar-refractivity contribution in [3.05, 3.63) is 20.2 Å². The summed E-state index contributed by atoms with van der Waals surface area (Å²) in [6, 6.07) is 0. The Labute approximate surface area is 123 Å². The van der Waals surface area contributed by atoms with Crippen LogP contribution < -0.4 is 14.4 Å². The third kappa shape index (κ3) is 2.00. The fourth-order valence-corrected chi connectivity index (χ4v) is 3.19. The Morgan fingerprint density at radius 1 is 1.35 bits per heavy atom. The molecule has 0 spiro atoms. The Kier molecular flexibility index (Phi) is 3.85. The number of fused-ring (bicyclic) bond motifs is 1. The Morgan fingerprint density at radius 3 is 2.40 bits per heavy atom. The maximum Gasteiger partial charge on any atom is 0.336 e. The van der Waals surface area contributed by atoms with Crippen molar-refractivity contribution in [3.63, 3.8) is 0 Å². The number of benzene rings is 1. The molecular weight excluding hydrogens is 332 g/mol. The van der Waals surface area contributed by atoms with Crippen LogP contribution >= 0.6 is 15.9 Å². The molecule has 0 fully saturated rings. The van der Waals surface area contributed by atoms with Gasteiger partial charge in [-0.2, -0.15) is 0 Å². The molecule has 0 unspecified atom stereocenters. The van der Waals surface area contributed by atoms with E-state index < -0.39 is 4.92 Å². The minimum Gasteiger partial charge on any atom is -0.495 e. The molecule has 0 aromatic heterocycles. The number of anilines is 1. The number of hydrogen-bond donors (Lipinski definition) is 0. The Hall–Kier alpha value is -1.83. The molecule has 20 heavy (non-hydrogen) atoms. The second-order valence-corrected chi connectivity index (χ2v) is 5.03. The highest BCUT2D eigenvalue weighted by molar-refractivity contribution is 9.10. The van der Waals surface area contributed by atoms with Gasteiger partial charge >= 0.3 is 5.69 Å². The summed E-state index contributed by atoms with van der Waals surface area (Å²) in [5.41, 5.74) is 0.685. The summed E-state index contributed by atoms with van der Waals surface area (Å²) >= 11 is 3.27. The minimum atomic E-state index is -0.539. The van der Waals surface area contributed by atoms with Gasteiger partial charge in [0.1, 0.15) is 15.9 Å². The quantitative estimate of drug-likeness (QED) is 0.620. The Morgan fingerprint density at radius 2 is 1.95 bits per heavy atom. The number of carbonyl (C=O) groups is 1. The van der Waals surface area contributed by atoms with Crippen LogP contribution in [0.3, 0.4) is 0 Å². The summed E-state index contributed by atoms with van der Waals surface area (Å²) in [6.07, 6.45) is 0.502. The van der Waals surface area contributed by atoms with E-state index >= 15 is 0 Å². The molecule has 8 heteroatoms. The van der Waals surface area contributed by atoms with Crippen molar-refractivity contribution in [1.82, 2.24) is 0 Å². The lowest BCUT2D eigenvalue weighted by Gasteiger charge is -2.18. The highest BCUT2D eigenvalue weighted by Gasteiger charge is 2.39. The van der Waals surface area contributed by atoms with Crippen molar-refractivity contribution in [2.45, 2.75) is 13.3 Å². The molecule has 7 nitrogen and oxygen atoms in total. The molecule has 1 aliphatic heterocycles.